The van der Waals surface area contributed by atoms with Crippen molar-refractivity contribution < 1.29 is 0 Å². The molecule has 3 heterocycles. The molecule has 0 radical (unpaired) electrons. The lowest BCUT2D eigenvalue weighted by Crippen LogP contribution is -1.90. The molecule has 0 atom stereocenters. The monoisotopic (exact) mass is 265 g/mol. The maximum atomic E-state index is 4.82. The van der Waals surface area contributed by atoms with Crippen LogP contribution in [0.5, 0.6) is 0 Å². The first-order valence-corrected chi connectivity index (χ1v) is 6.96. The third kappa shape index (κ3) is 1.50. The first kappa shape index (κ1) is 10.7. The zero-order valence-corrected chi connectivity index (χ0v) is 11.2. The molecule has 4 heteroatoms. The van der Waals surface area contributed by atoms with Crippen molar-refractivity contribution in [3.63, 3.8) is 0 Å². The van der Waals surface area contributed by atoms with Gasteiger partial charge in [0.05, 0.1) is 21.4 Å². The normalized spacial score (nSPS) is 11.4. The minimum atomic E-state index is 0.992. The van der Waals surface area contributed by atoms with Crippen molar-refractivity contribution in [2.24, 2.45) is 7.05 Å². The molecule has 92 valence electrons. The number of hydrogen-bond acceptors (Lipinski definition) is 3. The minimum absolute atomic E-state index is 0.992. The Balaban J connectivity index is 2.14. The van der Waals surface area contributed by atoms with E-state index in [1.54, 1.807) is 11.3 Å². The predicted octanol–water partition coefficient (Wildman–Crippen LogP) is 3.85. The maximum absolute atomic E-state index is 4.82. The average molecular weight is 265 g/mol. The Bertz CT molecular complexity index is 875. The SMILES string of the molecule is Cn1c(-c2cccs2)nc2c3cccnc3ccc21. The fraction of sp³-hybridized carbons (Fsp3) is 0.0667. The summed E-state index contributed by atoms with van der Waals surface area (Å²) in [7, 11) is 2.06. The van der Waals surface area contributed by atoms with E-state index < -0.39 is 0 Å². The molecule has 0 aliphatic carbocycles. The molecule has 0 saturated heterocycles. The highest BCUT2D eigenvalue weighted by Gasteiger charge is 2.12. The number of aryl methyl sites for hydroxylation is 1. The Hall–Kier alpha value is -2.20. The molecule has 4 aromatic rings. The molecule has 0 saturated carbocycles. The molecule has 0 aliphatic rings. The van der Waals surface area contributed by atoms with Crippen molar-refractivity contribution in [1.82, 2.24) is 14.5 Å². The molecular weight excluding hydrogens is 254 g/mol. The molecule has 3 nitrogen and oxygen atoms in total. The lowest BCUT2D eigenvalue weighted by Gasteiger charge is -1.99. The van der Waals surface area contributed by atoms with E-state index in [4.69, 9.17) is 4.98 Å². The van der Waals surface area contributed by atoms with E-state index in [0.717, 1.165) is 27.8 Å². The summed E-state index contributed by atoms with van der Waals surface area (Å²) in [6, 6.07) is 12.3. The number of rotatable bonds is 1. The highest BCUT2D eigenvalue weighted by molar-refractivity contribution is 7.13. The zero-order chi connectivity index (χ0) is 12.8. The Kier molecular flexibility index (Phi) is 2.19. The van der Waals surface area contributed by atoms with Crippen molar-refractivity contribution in [2.75, 3.05) is 0 Å². The summed E-state index contributed by atoms with van der Waals surface area (Å²) in [5.74, 6) is 1.02. The van der Waals surface area contributed by atoms with Crippen molar-refractivity contribution in [1.29, 1.82) is 0 Å². The zero-order valence-electron chi connectivity index (χ0n) is 10.4. The molecule has 0 unspecified atom stereocenters. The Morgan fingerprint density at radius 2 is 2.05 bits per heavy atom. The molecule has 0 bridgehead atoms. The number of hydrogen-bond donors (Lipinski definition) is 0. The van der Waals surface area contributed by atoms with E-state index in [-0.39, 0.29) is 0 Å². The van der Waals surface area contributed by atoms with Crippen LogP contribution in [0.3, 0.4) is 0 Å². The smallest absolute Gasteiger partial charge is 0.150 e. The first-order chi connectivity index (χ1) is 9.34. The van der Waals surface area contributed by atoms with Gasteiger partial charge in [0, 0.05) is 18.6 Å². The molecule has 0 spiro atoms. The molecule has 4 rings (SSSR count). The topological polar surface area (TPSA) is 30.7 Å². The van der Waals surface area contributed by atoms with Gasteiger partial charge in [-0.25, -0.2) is 4.98 Å². The van der Waals surface area contributed by atoms with Gasteiger partial charge in [0.15, 0.2) is 5.82 Å². The minimum Gasteiger partial charge on any atom is -0.326 e. The number of nitrogens with zero attached hydrogens (tertiary/aromatic N) is 3. The van der Waals surface area contributed by atoms with Crippen molar-refractivity contribution in [3.05, 3.63) is 48.0 Å². The van der Waals surface area contributed by atoms with Gasteiger partial charge in [-0.3, -0.25) is 4.98 Å². The van der Waals surface area contributed by atoms with Gasteiger partial charge in [-0.1, -0.05) is 6.07 Å². The second-order valence-corrected chi connectivity index (χ2v) is 5.42. The Morgan fingerprint density at radius 3 is 2.89 bits per heavy atom. The highest BCUT2D eigenvalue weighted by atomic mass is 32.1. The Morgan fingerprint density at radius 1 is 1.11 bits per heavy atom. The summed E-state index contributed by atoms with van der Waals surface area (Å²) in [6.45, 7) is 0. The summed E-state index contributed by atoms with van der Waals surface area (Å²) in [6.07, 6.45) is 1.82. The van der Waals surface area contributed by atoms with E-state index in [1.165, 1.54) is 4.88 Å². The number of pyridine rings is 1. The van der Waals surface area contributed by atoms with Crippen LogP contribution in [-0.2, 0) is 7.05 Å². The van der Waals surface area contributed by atoms with Gasteiger partial charge in [0.2, 0.25) is 0 Å². The van der Waals surface area contributed by atoms with Gasteiger partial charge in [0.25, 0.3) is 0 Å². The summed E-state index contributed by atoms with van der Waals surface area (Å²) < 4.78 is 2.15. The lowest BCUT2D eigenvalue weighted by atomic mass is 10.2. The number of thiophene rings is 1. The van der Waals surface area contributed by atoms with Crippen LogP contribution in [-0.4, -0.2) is 14.5 Å². The summed E-state index contributed by atoms with van der Waals surface area (Å²) in [5.41, 5.74) is 3.16. The summed E-state index contributed by atoms with van der Waals surface area (Å²) in [4.78, 5) is 10.4. The molecule has 0 amide bonds. The summed E-state index contributed by atoms with van der Waals surface area (Å²) >= 11 is 1.71. The molecule has 0 fully saturated rings. The van der Waals surface area contributed by atoms with Gasteiger partial charge in [-0.05, 0) is 35.7 Å². The average Bonchev–Trinajstić information content (AvgIpc) is 3.07. The van der Waals surface area contributed by atoms with E-state index >= 15 is 0 Å². The van der Waals surface area contributed by atoms with Crippen LogP contribution in [0, 0.1) is 0 Å². The molecular formula is C15H11N3S. The lowest BCUT2D eigenvalue weighted by molar-refractivity contribution is 0.963. The fourth-order valence-electron chi connectivity index (χ4n) is 2.43. The molecule has 0 aliphatic heterocycles. The van der Waals surface area contributed by atoms with Crippen LogP contribution >= 0.6 is 11.3 Å². The highest BCUT2D eigenvalue weighted by Crippen LogP contribution is 2.30. The maximum Gasteiger partial charge on any atom is 0.150 e. The van der Waals surface area contributed by atoms with Crippen molar-refractivity contribution in [3.8, 4) is 10.7 Å². The van der Waals surface area contributed by atoms with Crippen LogP contribution < -0.4 is 0 Å². The van der Waals surface area contributed by atoms with Gasteiger partial charge < -0.3 is 4.57 Å². The van der Waals surface area contributed by atoms with Gasteiger partial charge in [0.1, 0.15) is 0 Å². The second kappa shape index (κ2) is 3.90. The second-order valence-electron chi connectivity index (χ2n) is 4.48. The van der Waals surface area contributed by atoms with Gasteiger partial charge >= 0.3 is 0 Å². The number of imidazole rings is 1. The van der Waals surface area contributed by atoms with Crippen LogP contribution in [0.15, 0.2) is 48.0 Å². The largest absolute Gasteiger partial charge is 0.326 e. The third-order valence-electron chi connectivity index (χ3n) is 3.37. The standard InChI is InChI=1S/C15H11N3S/c1-18-12-7-6-11-10(4-2-8-16-11)14(12)17-15(18)13-5-3-9-19-13/h2-9H,1H3. The molecule has 1 aromatic carbocycles. The predicted molar refractivity (Wildman–Crippen MR) is 79.3 cm³/mol. The van der Waals surface area contributed by atoms with Crippen LogP contribution in [0.4, 0.5) is 0 Å². The third-order valence-corrected chi connectivity index (χ3v) is 4.24. The number of benzene rings is 1. The van der Waals surface area contributed by atoms with Crippen LogP contribution in [0.1, 0.15) is 0 Å². The van der Waals surface area contributed by atoms with E-state index in [1.807, 2.05) is 12.3 Å². The van der Waals surface area contributed by atoms with Crippen molar-refractivity contribution >= 4 is 33.3 Å². The quantitative estimate of drug-likeness (QED) is 0.523. The number of fused-ring (bicyclic) bond motifs is 3. The van der Waals surface area contributed by atoms with Gasteiger partial charge in [-0.15, -0.1) is 11.3 Å². The van der Waals surface area contributed by atoms with E-state index in [0.29, 0.717) is 0 Å². The molecule has 19 heavy (non-hydrogen) atoms. The van der Waals surface area contributed by atoms with Crippen LogP contribution in [0.25, 0.3) is 32.6 Å². The molecule has 0 N–H and O–H groups in total. The summed E-state index contributed by atoms with van der Waals surface area (Å²) in [5, 5.41) is 3.19. The van der Waals surface area contributed by atoms with Crippen molar-refractivity contribution in [2.45, 2.75) is 0 Å². The van der Waals surface area contributed by atoms with E-state index in [9.17, 15) is 0 Å². The first-order valence-electron chi connectivity index (χ1n) is 6.08. The fourth-order valence-corrected chi connectivity index (χ4v) is 3.18. The number of aromatic nitrogens is 3. The Labute approximate surface area is 114 Å². The van der Waals surface area contributed by atoms with Gasteiger partial charge in [-0.2, -0.15) is 0 Å². The molecule has 3 aromatic heterocycles. The van der Waals surface area contributed by atoms with E-state index in [2.05, 4.69) is 52.3 Å². The van der Waals surface area contributed by atoms with Crippen LogP contribution in [0.2, 0.25) is 0 Å².